The average molecular weight is 335 g/mol. The Labute approximate surface area is 140 Å². The van der Waals surface area contributed by atoms with Gasteiger partial charge in [-0.05, 0) is 26.8 Å². The van der Waals surface area contributed by atoms with E-state index in [2.05, 4.69) is 5.32 Å². The average Bonchev–Trinajstić information content (AvgIpc) is 2.99. The Bertz CT molecular complexity index is 675. The maximum Gasteiger partial charge on any atom is 0.407 e. The van der Waals surface area contributed by atoms with Gasteiger partial charge in [-0.25, -0.2) is 9.59 Å². The van der Waals surface area contributed by atoms with Crippen molar-refractivity contribution in [2.45, 2.75) is 39.3 Å². The van der Waals surface area contributed by atoms with Crippen molar-refractivity contribution in [1.29, 1.82) is 0 Å². The number of carbonyl (C=O) groups excluding carboxylic acids is 3. The summed E-state index contributed by atoms with van der Waals surface area (Å²) in [5.74, 6) is -0.0777. The number of nitrogens with one attached hydrogen (secondary N) is 1. The van der Waals surface area contributed by atoms with Gasteiger partial charge in [-0.2, -0.15) is 0 Å². The van der Waals surface area contributed by atoms with Crippen LogP contribution in [0.1, 0.15) is 52.6 Å². The molecule has 1 aromatic carbocycles. The minimum absolute atomic E-state index is 0.111. The molecular weight excluding hydrogens is 314 g/mol. The summed E-state index contributed by atoms with van der Waals surface area (Å²) in [5, 5.41) is 2.63. The Balaban J connectivity index is 2.30. The number of hydrogen-bond donors (Lipinski definition) is 1. The number of ether oxygens (including phenoxy) is 3. The summed E-state index contributed by atoms with van der Waals surface area (Å²) in [7, 11) is 1.25. The minimum Gasteiger partial charge on any atom is -0.493 e. The second-order valence-electron chi connectivity index (χ2n) is 6.37. The summed E-state index contributed by atoms with van der Waals surface area (Å²) in [6.45, 7) is 5.82. The Kier molecular flexibility index (Phi) is 5.11. The molecule has 0 saturated carbocycles. The molecule has 0 radical (unpaired) electrons. The van der Waals surface area contributed by atoms with Gasteiger partial charge in [0.25, 0.3) is 0 Å². The van der Waals surface area contributed by atoms with Crippen molar-refractivity contribution >= 4 is 18.3 Å². The van der Waals surface area contributed by atoms with Crippen molar-refractivity contribution in [3.8, 4) is 5.75 Å². The quantitative estimate of drug-likeness (QED) is 0.670. The molecule has 1 amide bonds. The summed E-state index contributed by atoms with van der Waals surface area (Å²) < 4.78 is 15.5. The van der Waals surface area contributed by atoms with Gasteiger partial charge in [-0.1, -0.05) is 0 Å². The zero-order valence-electron chi connectivity index (χ0n) is 14.2. The molecule has 0 unspecified atom stereocenters. The summed E-state index contributed by atoms with van der Waals surface area (Å²) in [4.78, 5) is 35.1. The maximum absolute atomic E-state index is 11.9. The predicted octanol–water partition coefficient (Wildman–Crippen LogP) is 2.25. The van der Waals surface area contributed by atoms with Crippen LogP contribution >= 0.6 is 0 Å². The van der Waals surface area contributed by atoms with Crippen LogP contribution in [-0.4, -0.2) is 37.7 Å². The lowest BCUT2D eigenvalue weighted by Crippen LogP contribution is -2.32. The van der Waals surface area contributed by atoms with Gasteiger partial charge in [0.2, 0.25) is 0 Å². The van der Waals surface area contributed by atoms with E-state index in [0.717, 1.165) is 0 Å². The fourth-order valence-corrected chi connectivity index (χ4v) is 2.51. The smallest absolute Gasteiger partial charge is 0.407 e. The van der Waals surface area contributed by atoms with Gasteiger partial charge >= 0.3 is 12.1 Å². The molecule has 0 spiro atoms. The van der Waals surface area contributed by atoms with Crippen molar-refractivity contribution in [2.24, 2.45) is 0 Å². The van der Waals surface area contributed by atoms with E-state index in [1.54, 1.807) is 20.8 Å². The number of amides is 1. The van der Waals surface area contributed by atoms with Crippen LogP contribution in [0.4, 0.5) is 4.79 Å². The van der Waals surface area contributed by atoms with E-state index in [4.69, 9.17) is 14.2 Å². The zero-order chi connectivity index (χ0) is 17.9. The zero-order valence-corrected chi connectivity index (χ0v) is 14.2. The first-order chi connectivity index (χ1) is 11.3. The summed E-state index contributed by atoms with van der Waals surface area (Å²) in [6, 6.07) is 1.51. The van der Waals surface area contributed by atoms with Crippen molar-refractivity contribution in [2.75, 3.05) is 13.7 Å². The van der Waals surface area contributed by atoms with Crippen LogP contribution in [0.15, 0.2) is 6.07 Å². The van der Waals surface area contributed by atoms with E-state index in [-0.39, 0.29) is 17.7 Å². The van der Waals surface area contributed by atoms with Gasteiger partial charge < -0.3 is 19.5 Å². The third-order valence-corrected chi connectivity index (χ3v) is 3.44. The third-order valence-electron chi connectivity index (χ3n) is 3.44. The van der Waals surface area contributed by atoms with E-state index in [1.165, 1.54) is 13.2 Å². The lowest BCUT2D eigenvalue weighted by molar-refractivity contribution is 0.0522. The number of hydrogen-bond acceptors (Lipinski definition) is 6. The highest BCUT2D eigenvalue weighted by molar-refractivity contribution is 6.00. The van der Waals surface area contributed by atoms with Crippen molar-refractivity contribution < 1.29 is 28.6 Å². The number of methoxy groups -OCH3 is 1. The standard InChI is InChI=1S/C17H21NO6/c1-17(2,3)24-16(21)18-8-10-7-12(15(20)22-4)13(9-19)11-5-6-23-14(10)11/h7,9H,5-6,8H2,1-4H3,(H,18,21). The van der Waals surface area contributed by atoms with E-state index in [0.29, 0.717) is 36.2 Å². The molecule has 0 aliphatic carbocycles. The fraction of sp³-hybridized carbons (Fsp3) is 0.471. The fourth-order valence-electron chi connectivity index (χ4n) is 2.51. The maximum atomic E-state index is 11.9. The third kappa shape index (κ3) is 3.84. The monoisotopic (exact) mass is 335 g/mol. The Morgan fingerprint density at radius 2 is 2.08 bits per heavy atom. The van der Waals surface area contributed by atoms with Gasteiger partial charge in [-0.15, -0.1) is 0 Å². The molecule has 7 heteroatoms. The highest BCUT2D eigenvalue weighted by Crippen LogP contribution is 2.34. The Morgan fingerprint density at radius 3 is 2.67 bits per heavy atom. The van der Waals surface area contributed by atoms with Crippen molar-refractivity contribution in [1.82, 2.24) is 5.32 Å². The summed E-state index contributed by atoms with van der Waals surface area (Å²) >= 11 is 0. The molecule has 130 valence electrons. The molecule has 1 aliphatic heterocycles. The van der Waals surface area contributed by atoms with E-state index >= 15 is 0 Å². The molecule has 24 heavy (non-hydrogen) atoms. The van der Waals surface area contributed by atoms with Crippen LogP contribution < -0.4 is 10.1 Å². The first-order valence-electron chi connectivity index (χ1n) is 7.58. The van der Waals surface area contributed by atoms with Crippen LogP contribution in [0.3, 0.4) is 0 Å². The molecule has 7 nitrogen and oxygen atoms in total. The number of esters is 1. The van der Waals surface area contributed by atoms with E-state index < -0.39 is 17.7 Å². The first kappa shape index (κ1) is 17.8. The number of rotatable bonds is 4. The molecule has 1 aromatic rings. The van der Waals surface area contributed by atoms with Crippen molar-refractivity contribution in [3.63, 3.8) is 0 Å². The Morgan fingerprint density at radius 1 is 1.38 bits per heavy atom. The normalized spacial score (nSPS) is 12.8. The first-order valence-corrected chi connectivity index (χ1v) is 7.58. The molecule has 1 heterocycles. The highest BCUT2D eigenvalue weighted by atomic mass is 16.6. The van der Waals surface area contributed by atoms with Gasteiger partial charge in [0.1, 0.15) is 11.4 Å². The van der Waals surface area contributed by atoms with Gasteiger partial charge in [0.15, 0.2) is 6.29 Å². The summed E-state index contributed by atoms with van der Waals surface area (Å²) in [5.41, 5.74) is 1.09. The molecule has 0 saturated heterocycles. The van der Waals surface area contributed by atoms with E-state index in [9.17, 15) is 14.4 Å². The number of aldehydes is 1. The molecular formula is C17H21NO6. The van der Waals surface area contributed by atoms with E-state index in [1.807, 2.05) is 0 Å². The van der Waals surface area contributed by atoms with Crippen molar-refractivity contribution in [3.05, 3.63) is 28.3 Å². The lowest BCUT2D eigenvalue weighted by atomic mass is 9.96. The van der Waals surface area contributed by atoms with Crippen LogP contribution in [0.25, 0.3) is 0 Å². The Hall–Kier alpha value is -2.57. The molecule has 2 rings (SSSR count). The number of carbonyl (C=O) groups is 3. The second kappa shape index (κ2) is 6.90. The topological polar surface area (TPSA) is 90.9 Å². The van der Waals surface area contributed by atoms with Gasteiger partial charge in [0.05, 0.1) is 19.3 Å². The largest absolute Gasteiger partial charge is 0.493 e. The molecule has 0 fully saturated rings. The molecule has 0 atom stereocenters. The molecule has 1 aliphatic rings. The van der Waals surface area contributed by atoms with Crippen LogP contribution in [0.2, 0.25) is 0 Å². The summed E-state index contributed by atoms with van der Waals surface area (Å²) in [6.07, 6.45) is 0.576. The second-order valence-corrected chi connectivity index (χ2v) is 6.37. The predicted molar refractivity (Wildman–Crippen MR) is 85.4 cm³/mol. The number of fused-ring (bicyclic) bond motifs is 1. The van der Waals surface area contributed by atoms with Crippen LogP contribution in [0, 0.1) is 0 Å². The van der Waals surface area contributed by atoms with Gasteiger partial charge in [0, 0.05) is 29.7 Å². The van der Waals surface area contributed by atoms with Crippen LogP contribution in [-0.2, 0) is 22.4 Å². The number of alkyl carbamates (subject to hydrolysis) is 1. The van der Waals surface area contributed by atoms with Crippen LogP contribution in [0.5, 0.6) is 5.75 Å². The SMILES string of the molecule is COC(=O)c1cc(CNC(=O)OC(C)(C)C)c2c(c1C=O)CCO2. The van der Waals surface area contributed by atoms with Gasteiger partial charge in [-0.3, -0.25) is 4.79 Å². The highest BCUT2D eigenvalue weighted by Gasteiger charge is 2.26. The molecule has 0 bridgehead atoms. The minimum atomic E-state index is -0.610. The number of benzene rings is 1. The molecule has 1 N–H and O–H groups in total. The lowest BCUT2D eigenvalue weighted by Gasteiger charge is -2.20. The molecule has 0 aromatic heterocycles.